The summed E-state index contributed by atoms with van der Waals surface area (Å²) in [5.41, 5.74) is 6.43. The largest absolute Gasteiger partial charge is 0.462 e. The molecule has 0 amide bonds. The summed E-state index contributed by atoms with van der Waals surface area (Å²) in [5, 5.41) is 1.08. The number of ether oxygens (including phenoxy) is 1. The van der Waals surface area contributed by atoms with E-state index in [9.17, 15) is 4.79 Å². The Morgan fingerprint density at radius 3 is 3.11 bits per heavy atom. The summed E-state index contributed by atoms with van der Waals surface area (Å²) in [4.78, 5) is 14.6. The molecule has 2 rings (SSSR count). The smallest absolute Gasteiger partial charge is 0.350 e. The first-order valence-corrected chi connectivity index (χ1v) is 8.08. The highest BCUT2D eigenvalue weighted by atomic mass is 32.2. The SMILES string of the molecule is CCOC(=O)c1sc(N2CCCSCC2)cc1N. The maximum Gasteiger partial charge on any atom is 0.350 e. The molecule has 2 heterocycles. The Morgan fingerprint density at radius 1 is 1.50 bits per heavy atom. The number of thiophene rings is 1. The van der Waals surface area contributed by atoms with Gasteiger partial charge in [0.15, 0.2) is 0 Å². The number of carbonyl (C=O) groups is 1. The Kier molecular flexibility index (Phi) is 4.77. The van der Waals surface area contributed by atoms with Crippen molar-refractivity contribution in [2.45, 2.75) is 13.3 Å². The highest BCUT2D eigenvalue weighted by molar-refractivity contribution is 7.99. The Morgan fingerprint density at radius 2 is 2.33 bits per heavy atom. The lowest BCUT2D eigenvalue weighted by Crippen LogP contribution is -2.24. The Bertz CT molecular complexity index is 412. The van der Waals surface area contributed by atoms with Gasteiger partial charge in [0.05, 0.1) is 17.3 Å². The second-order valence-corrected chi connectivity index (χ2v) is 6.30. The van der Waals surface area contributed by atoms with Gasteiger partial charge in [-0.3, -0.25) is 0 Å². The van der Waals surface area contributed by atoms with Crippen molar-refractivity contribution in [1.82, 2.24) is 0 Å². The number of anilines is 2. The van der Waals surface area contributed by atoms with E-state index >= 15 is 0 Å². The summed E-state index contributed by atoms with van der Waals surface area (Å²) in [6.07, 6.45) is 1.18. The predicted molar refractivity (Wildman–Crippen MR) is 78.8 cm³/mol. The molecule has 4 nitrogen and oxygen atoms in total. The maximum atomic E-state index is 11.7. The summed E-state index contributed by atoms with van der Waals surface area (Å²) < 4.78 is 5.00. The van der Waals surface area contributed by atoms with Crippen LogP contribution in [0.1, 0.15) is 23.0 Å². The van der Waals surface area contributed by atoms with E-state index in [2.05, 4.69) is 4.90 Å². The van der Waals surface area contributed by atoms with Crippen LogP contribution < -0.4 is 10.6 Å². The van der Waals surface area contributed by atoms with Gasteiger partial charge >= 0.3 is 5.97 Å². The molecule has 100 valence electrons. The Balaban J connectivity index is 2.14. The van der Waals surface area contributed by atoms with Crippen LogP contribution in [0.2, 0.25) is 0 Å². The van der Waals surface area contributed by atoms with Crippen molar-refractivity contribution < 1.29 is 9.53 Å². The number of thioether (sulfide) groups is 1. The summed E-state index contributed by atoms with van der Waals surface area (Å²) >= 11 is 3.42. The van der Waals surface area contributed by atoms with Crippen LogP contribution in [0.25, 0.3) is 0 Å². The van der Waals surface area contributed by atoms with Crippen LogP contribution in [-0.4, -0.2) is 37.2 Å². The molecular weight excluding hydrogens is 268 g/mol. The van der Waals surface area contributed by atoms with E-state index in [0.717, 1.165) is 23.8 Å². The number of esters is 1. The van der Waals surface area contributed by atoms with Gasteiger partial charge in [0.1, 0.15) is 4.88 Å². The quantitative estimate of drug-likeness (QED) is 0.865. The molecule has 0 atom stereocenters. The average Bonchev–Trinajstić information content (AvgIpc) is 2.58. The van der Waals surface area contributed by atoms with Gasteiger partial charge < -0.3 is 15.4 Å². The topological polar surface area (TPSA) is 55.6 Å². The molecule has 1 aliphatic rings. The third-order valence-electron chi connectivity index (χ3n) is 2.74. The van der Waals surface area contributed by atoms with Crippen molar-refractivity contribution in [3.8, 4) is 0 Å². The summed E-state index contributed by atoms with van der Waals surface area (Å²) in [6, 6.07) is 1.90. The van der Waals surface area contributed by atoms with E-state index < -0.39 is 0 Å². The Hall–Kier alpha value is -0.880. The van der Waals surface area contributed by atoms with E-state index in [1.807, 2.05) is 17.8 Å². The van der Waals surface area contributed by atoms with Crippen molar-refractivity contribution >= 4 is 39.8 Å². The van der Waals surface area contributed by atoms with Crippen molar-refractivity contribution in [3.05, 3.63) is 10.9 Å². The molecule has 2 N–H and O–H groups in total. The second kappa shape index (κ2) is 6.33. The zero-order valence-electron chi connectivity index (χ0n) is 10.5. The zero-order chi connectivity index (χ0) is 13.0. The first-order valence-electron chi connectivity index (χ1n) is 6.11. The van der Waals surface area contributed by atoms with Gasteiger partial charge in [0.2, 0.25) is 0 Å². The molecule has 0 aliphatic carbocycles. The van der Waals surface area contributed by atoms with Gasteiger partial charge in [-0.05, 0) is 25.2 Å². The van der Waals surface area contributed by atoms with E-state index in [1.54, 1.807) is 6.92 Å². The molecule has 0 radical (unpaired) electrons. The second-order valence-electron chi connectivity index (χ2n) is 4.04. The summed E-state index contributed by atoms with van der Waals surface area (Å²) in [6.45, 7) is 4.24. The highest BCUT2D eigenvalue weighted by Crippen LogP contribution is 2.33. The van der Waals surface area contributed by atoms with E-state index in [4.69, 9.17) is 10.5 Å². The molecule has 0 aromatic carbocycles. The predicted octanol–water partition coefficient (Wildman–Crippen LogP) is 2.45. The fourth-order valence-corrected chi connectivity index (χ4v) is 3.78. The van der Waals surface area contributed by atoms with E-state index in [1.165, 1.54) is 23.5 Å². The van der Waals surface area contributed by atoms with Crippen molar-refractivity contribution in [2.75, 3.05) is 41.8 Å². The van der Waals surface area contributed by atoms with Gasteiger partial charge in [-0.15, -0.1) is 11.3 Å². The monoisotopic (exact) mass is 286 g/mol. The number of hydrogen-bond donors (Lipinski definition) is 1. The molecule has 0 bridgehead atoms. The lowest BCUT2D eigenvalue weighted by molar-refractivity contribution is 0.0533. The van der Waals surface area contributed by atoms with E-state index in [0.29, 0.717) is 17.2 Å². The third-order valence-corrected chi connectivity index (χ3v) is 4.98. The van der Waals surface area contributed by atoms with Crippen LogP contribution in [0.4, 0.5) is 10.7 Å². The van der Waals surface area contributed by atoms with Gasteiger partial charge in [-0.2, -0.15) is 11.8 Å². The lowest BCUT2D eigenvalue weighted by Gasteiger charge is -2.19. The summed E-state index contributed by atoms with van der Waals surface area (Å²) in [5.74, 6) is 2.03. The Labute approximate surface area is 115 Å². The molecule has 1 saturated heterocycles. The van der Waals surface area contributed by atoms with Crippen molar-refractivity contribution in [1.29, 1.82) is 0 Å². The number of nitrogen functional groups attached to an aromatic ring is 1. The fourth-order valence-electron chi connectivity index (χ4n) is 1.87. The molecule has 1 aromatic rings. The van der Waals surface area contributed by atoms with Crippen LogP contribution in [0.5, 0.6) is 0 Å². The van der Waals surface area contributed by atoms with E-state index in [-0.39, 0.29) is 5.97 Å². The minimum atomic E-state index is -0.310. The average molecular weight is 286 g/mol. The maximum absolute atomic E-state index is 11.7. The lowest BCUT2D eigenvalue weighted by atomic mass is 10.3. The number of hydrogen-bond acceptors (Lipinski definition) is 6. The van der Waals surface area contributed by atoms with Crippen LogP contribution >= 0.6 is 23.1 Å². The number of nitrogens with zero attached hydrogens (tertiary/aromatic N) is 1. The molecule has 0 spiro atoms. The van der Waals surface area contributed by atoms with Gasteiger partial charge in [-0.1, -0.05) is 0 Å². The minimum Gasteiger partial charge on any atom is -0.462 e. The molecule has 18 heavy (non-hydrogen) atoms. The van der Waals surface area contributed by atoms with Crippen LogP contribution in [-0.2, 0) is 4.74 Å². The number of rotatable bonds is 3. The van der Waals surface area contributed by atoms with Gasteiger partial charge in [-0.25, -0.2) is 4.79 Å². The molecule has 1 aromatic heterocycles. The third kappa shape index (κ3) is 3.11. The van der Waals surface area contributed by atoms with Gasteiger partial charge in [0, 0.05) is 18.8 Å². The molecule has 6 heteroatoms. The normalized spacial score (nSPS) is 16.4. The van der Waals surface area contributed by atoms with Crippen molar-refractivity contribution in [3.63, 3.8) is 0 Å². The zero-order valence-corrected chi connectivity index (χ0v) is 12.1. The number of carbonyl (C=O) groups excluding carboxylic acids is 1. The molecular formula is C12H18N2O2S2. The highest BCUT2D eigenvalue weighted by Gasteiger charge is 2.19. The fraction of sp³-hybridized carbons (Fsp3) is 0.583. The molecule has 0 saturated carbocycles. The molecule has 0 unspecified atom stereocenters. The first-order chi connectivity index (χ1) is 8.72. The molecule has 1 fully saturated rings. The standard InChI is InChI=1S/C12H18N2O2S2/c1-2-16-12(15)11-9(13)8-10(18-11)14-4-3-6-17-7-5-14/h8H,2-7,13H2,1H3. The first kappa shape index (κ1) is 13.5. The van der Waals surface area contributed by atoms with Crippen LogP contribution in [0.3, 0.4) is 0 Å². The molecule has 1 aliphatic heterocycles. The summed E-state index contributed by atoms with van der Waals surface area (Å²) in [7, 11) is 0. The minimum absolute atomic E-state index is 0.310. The number of nitrogens with two attached hydrogens (primary N) is 1. The van der Waals surface area contributed by atoms with Crippen LogP contribution in [0.15, 0.2) is 6.07 Å². The van der Waals surface area contributed by atoms with Gasteiger partial charge in [0.25, 0.3) is 0 Å². The van der Waals surface area contributed by atoms with Crippen molar-refractivity contribution in [2.24, 2.45) is 0 Å². The van der Waals surface area contributed by atoms with Crippen LogP contribution in [0, 0.1) is 0 Å².